The van der Waals surface area contributed by atoms with Gasteiger partial charge < -0.3 is 25.3 Å². The number of guanidine groups is 1. The number of benzene rings is 1. The summed E-state index contributed by atoms with van der Waals surface area (Å²) in [5.41, 5.74) is 5.73. The molecule has 1 aliphatic heterocycles. The fourth-order valence-electron chi connectivity index (χ4n) is 1.82. The average molecular weight is 461 g/mol. The summed E-state index contributed by atoms with van der Waals surface area (Å²) in [4.78, 5) is 8.00. The minimum atomic E-state index is -5.82. The number of nitrogens with two attached hydrogens (primary N) is 1. The number of hydrogen-bond donors (Lipinski definition) is 2. The zero-order valence-electron chi connectivity index (χ0n) is 13.5. The molecule has 1 aromatic carbocycles. The second kappa shape index (κ2) is 8.80. The van der Waals surface area contributed by atoms with E-state index in [9.17, 15) is 22.0 Å². The van der Waals surface area contributed by atoms with Gasteiger partial charge in [-0.3, -0.25) is 0 Å². The normalized spacial score (nSPS) is 17.3. The van der Waals surface area contributed by atoms with Crippen LogP contribution in [-0.2, 0) is 9.47 Å². The molecule has 1 aliphatic rings. The van der Waals surface area contributed by atoms with E-state index in [0.29, 0.717) is 18.9 Å². The Morgan fingerprint density at radius 2 is 1.78 bits per heavy atom. The standard InChI is InChI=1S/C14H14BrF5N4O3/c15-11(21)24-12(22-7-10-25-5-6-26-10)23-8-1-3-9(4-2-8)27-14(19,20)13(16,17)18/h1-4,10H,5-7H2,(H3,21,22,23,24). The zero-order valence-corrected chi connectivity index (χ0v) is 15.1. The number of amidine groups is 1. The van der Waals surface area contributed by atoms with E-state index in [1.165, 1.54) is 12.1 Å². The summed E-state index contributed by atoms with van der Waals surface area (Å²) in [6.07, 6.45) is -11.7. The molecule has 13 heteroatoms. The molecule has 1 saturated heterocycles. The van der Waals surface area contributed by atoms with Crippen molar-refractivity contribution >= 4 is 32.3 Å². The van der Waals surface area contributed by atoms with Crippen LogP contribution in [0.5, 0.6) is 5.75 Å². The predicted molar refractivity (Wildman–Crippen MR) is 90.2 cm³/mol. The van der Waals surface area contributed by atoms with Crippen LogP contribution in [0.25, 0.3) is 0 Å². The second-order valence-corrected chi connectivity index (χ2v) is 5.85. The maximum Gasteiger partial charge on any atom is 0.499 e. The van der Waals surface area contributed by atoms with Crippen LogP contribution in [-0.4, -0.2) is 49.0 Å². The van der Waals surface area contributed by atoms with Crippen molar-refractivity contribution in [2.24, 2.45) is 15.7 Å². The van der Waals surface area contributed by atoms with Crippen LogP contribution < -0.4 is 15.8 Å². The smallest absolute Gasteiger partial charge is 0.426 e. The molecule has 0 amide bonds. The number of rotatable bonds is 5. The maximum absolute atomic E-state index is 12.9. The second-order valence-electron chi connectivity index (χ2n) is 5.04. The van der Waals surface area contributed by atoms with Crippen molar-refractivity contribution in [3.05, 3.63) is 24.3 Å². The molecular formula is C14H14BrF5N4O3. The summed E-state index contributed by atoms with van der Waals surface area (Å²) in [6.45, 7) is 0.999. The fourth-order valence-corrected chi connectivity index (χ4v) is 1.99. The highest BCUT2D eigenvalue weighted by molar-refractivity contribution is 9.18. The maximum atomic E-state index is 12.9. The van der Waals surface area contributed by atoms with Crippen molar-refractivity contribution in [2.75, 3.05) is 25.1 Å². The Labute approximate surface area is 158 Å². The monoisotopic (exact) mass is 460 g/mol. The van der Waals surface area contributed by atoms with Gasteiger partial charge in [-0.2, -0.15) is 26.9 Å². The van der Waals surface area contributed by atoms with Crippen LogP contribution in [0.1, 0.15) is 0 Å². The Morgan fingerprint density at radius 3 is 2.30 bits per heavy atom. The largest absolute Gasteiger partial charge is 0.499 e. The van der Waals surface area contributed by atoms with E-state index in [0.717, 1.165) is 12.1 Å². The van der Waals surface area contributed by atoms with Crippen LogP contribution in [0.4, 0.5) is 27.6 Å². The molecule has 1 heterocycles. The van der Waals surface area contributed by atoms with Crippen molar-refractivity contribution in [3.63, 3.8) is 0 Å². The lowest BCUT2D eigenvalue weighted by Crippen LogP contribution is -2.41. The topological polar surface area (TPSA) is 90.5 Å². The molecule has 1 fully saturated rings. The molecule has 2 rings (SSSR count). The Kier molecular flexibility index (Phi) is 6.95. The highest BCUT2D eigenvalue weighted by Gasteiger charge is 2.61. The molecule has 0 spiro atoms. The first kappa shape index (κ1) is 21.3. The van der Waals surface area contributed by atoms with Crippen LogP contribution in [0, 0.1) is 0 Å². The number of hydrogen-bond acceptors (Lipinski definition) is 4. The third-order valence-electron chi connectivity index (χ3n) is 2.98. The van der Waals surface area contributed by atoms with Gasteiger partial charge in [0.2, 0.25) is 5.96 Å². The molecule has 0 radical (unpaired) electrons. The van der Waals surface area contributed by atoms with Crippen molar-refractivity contribution in [3.8, 4) is 5.75 Å². The van der Waals surface area contributed by atoms with E-state index in [4.69, 9.17) is 15.2 Å². The Bertz CT molecular complexity index is 687. The molecule has 0 aliphatic carbocycles. The average Bonchev–Trinajstić information content (AvgIpc) is 3.06. The van der Waals surface area contributed by atoms with Gasteiger partial charge in [-0.25, -0.2) is 4.99 Å². The number of aliphatic imine (C=N–C) groups is 2. The number of alkyl halides is 5. The van der Waals surface area contributed by atoms with E-state index in [1.54, 1.807) is 0 Å². The van der Waals surface area contributed by atoms with Gasteiger partial charge >= 0.3 is 12.3 Å². The van der Waals surface area contributed by atoms with Gasteiger partial charge in [0, 0.05) is 5.69 Å². The third-order valence-corrected chi connectivity index (χ3v) is 3.16. The summed E-state index contributed by atoms with van der Waals surface area (Å²) >= 11 is 2.94. The number of halogens is 6. The first-order valence-corrected chi connectivity index (χ1v) is 8.14. The molecule has 27 heavy (non-hydrogen) atoms. The van der Waals surface area contributed by atoms with Gasteiger partial charge in [0.15, 0.2) is 11.0 Å². The molecule has 3 N–H and O–H groups in total. The minimum absolute atomic E-state index is 0.00628. The summed E-state index contributed by atoms with van der Waals surface area (Å²) in [5.74, 6) is -0.629. The zero-order chi connectivity index (χ0) is 20.1. The molecule has 0 saturated carbocycles. The molecule has 0 atom stereocenters. The first-order chi connectivity index (χ1) is 12.6. The third kappa shape index (κ3) is 6.59. The van der Waals surface area contributed by atoms with Gasteiger partial charge in [-0.15, -0.1) is 0 Å². The molecule has 1 aromatic rings. The lowest BCUT2D eigenvalue weighted by molar-refractivity contribution is -0.360. The van der Waals surface area contributed by atoms with Crippen LogP contribution in [0.2, 0.25) is 0 Å². The number of nitrogens with one attached hydrogen (secondary N) is 1. The molecule has 0 bridgehead atoms. The summed E-state index contributed by atoms with van der Waals surface area (Å²) in [5, 5.41) is 2.73. The Hall–Kier alpha value is -1.99. The molecule has 0 aromatic heterocycles. The Balaban J connectivity index is 2.05. The SMILES string of the molecule is NC(Br)=NC(=NCC1OCCO1)Nc1ccc(OC(F)(F)C(F)(F)F)cc1. The van der Waals surface area contributed by atoms with Crippen LogP contribution in [0.15, 0.2) is 34.3 Å². The van der Waals surface area contributed by atoms with E-state index in [-0.39, 0.29) is 17.2 Å². The molecular weight excluding hydrogens is 447 g/mol. The van der Waals surface area contributed by atoms with Gasteiger partial charge in [-0.05, 0) is 40.2 Å². The summed E-state index contributed by atoms with van der Waals surface area (Å²) < 4.78 is 76.4. The molecule has 150 valence electrons. The van der Waals surface area contributed by atoms with Gasteiger partial charge in [0.05, 0.1) is 19.8 Å². The van der Waals surface area contributed by atoms with Crippen molar-refractivity contribution in [1.82, 2.24) is 0 Å². The van der Waals surface area contributed by atoms with E-state index >= 15 is 0 Å². The van der Waals surface area contributed by atoms with Crippen molar-refractivity contribution in [1.29, 1.82) is 0 Å². The lowest BCUT2D eigenvalue weighted by atomic mass is 10.3. The quantitative estimate of drug-likeness (QED) is 0.305. The summed E-state index contributed by atoms with van der Waals surface area (Å²) in [7, 11) is 0. The predicted octanol–water partition coefficient (Wildman–Crippen LogP) is 3.07. The fraction of sp³-hybridized carbons (Fsp3) is 0.429. The van der Waals surface area contributed by atoms with E-state index in [2.05, 4.69) is 36.0 Å². The Morgan fingerprint density at radius 1 is 1.19 bits per heavy atom. The summed E-state index contributed by atoms with van der Waals surface area (Å²) in [6, 6.07) is 4.29. The van der Waals surface area contributed by atoms with Gasteiger partial charge in [0.25, 0.3) is 0 Å². The first-order valence-electron chi connectivity index (χ1n) is 7.35. The van der Waals surface area contributed by atoms with E-state index in [1.807, 2.05) is 0 Å². The molecule has 0 unspecified atom stereocenters. The van der Waals surface area contributed by atoms with Gasteiger partial charge in [-0.1, -0.05) is 0 Å². The van der Waals surface area contributed by atoms with E-state index < -0.39 is 24.3 Å². The number of ether oxygens (including phenoxy) is 3. The van der Waals surface area contributed by atoms with Gasteiger partial charge in [0.1, 0.15) is 5.75 Å². The molecule has 7 nitrogen and oxygen atoms in total. The van der Waals surface area contributed by atoms with Crippen molar-refractivity contribution in [2.45, 2.75) is 18.6 Å². The van der Waals surface area contributed by atoms with Crippen molar-refractivity contribution < 1.29 is 36.2 Å². The highest BCUT2D eigenvalue weighted by atomic mass is 79.9. The highest BCUT2D eigenvalue weighted by Crippen LogP contribution is 2.37. The number of nitrogens with zero attached hydrogens (tertiary/aromatic N) is 2. The van der Waals surface area contributed by atoms with Crippen LogP contribution in [0.3, 0.4) is 0 Å². The number of anilines is 1. The minimum Gasteiger partial charge on any atom is -0.426 e. The van der Waals surface area contributed by atoms with Crippen LogP contribution >= 0.6 is 15.9 Å². The lowest BCUT2D eigenvalue weighted by Gasteiger charge is -2.20.